The molecule has 0 spiro atoms. The third kappa shape index (κ3) is 2.29. The summed E-state index contributed by atoms with van der Waals surface area (Å²) in [7, 11) is 0. The van der Waals surface area contributed by atoms with Crippen molar-refractivity contribution in [1.29, 1.82) is 0 Å². The van der Waals surface area contributed by atoms with E-state index in [1.807, 2.05) is 0 Å². The Morgan fingerprint density at radius 3 is 2.64 bits per heavy atom. The van der Waals surface area contributed by atoms with Crippen LogP contribution in [0.25, 0.3) is 0 Å². The van der Waals surface area contributed by atoms with Gasteiger partial charge in [-0.2, -0.15) is 0 Å². The van der Waals surface area contributed by atoms with Gasteiger partial charge in [-0.1, -0.05) is 6.07 Å². The van der Waals surface area contributed by atoms with Gasteiger partial charge in [0.2, 0.25) is 0 Å². The van der Waals surface area contributed by atoms with Crippen LogP contribution in [0.4, 0.5) is 0 Å². The molecule has 14 heavy (non-hydrogen) atoms. The summed E-state index contributed by atoms with van der Waals surface area (Å²) < 4.78 is 0. The van der Waals surface area contributed by atoms with E-state index in [0.29, 0.717) is 6.54 Å². The second-order valence-electron chi connectivity index (χ2n) is 2.57. The SMILES string of the molecule is CCNC(=O)c1cccc(C(=O)O)n1. The number of nitrogens with one attached hydrogen (secondary N) is 1. The lowest BCUT2D eigenvalue weighted by Crippen LogP contribution is -2.24. The highest BCUT2D eigenvalue weighted by atomic mass is 16.4. The molecule has 5 heteroatoms. The van der Waals surface area contributed by atoms with E-state index in [0.717, 1.165) is 0 Å². The molecule has 2 N–H and O–H groups in total. The number of rotatable bonds is 3. The number of hydrogen-bond donors (Lipinski definition) is 2. The number of carbonyl (C=O) groups is 2. The predicted octanol–water partition coefficient (Wildman–Crippen LogP) is 0.530. The minimum atomic E-state index is -1.14. The summed E-state index contributed by atoms with van der Waals surface area (Å²) in [5.74, 6) is -1.51. The Labute approximate surface area is 80.8 Å². The quantitative estimate of drug-likeness (QED) is 0.735. The van der Waals surface area contributed by atoms with Crippen molar-refractivity contribution in [3.05, 3.63) is 29.6 Å². The Bertz CT molecular complexity index is 363. The topological polar surface area (TPSA) is 79.3 Å². The van der Waals surface area contributed by atoms with E-state index in [2.05, 4.69) is 10.3 Å². The lowest BCUT2D eigenvalue weighted by Gasteiger charge is -2.01. The molecule has 1 amide bonds. The zero-order valence-electron chi connectivity index (χ0n) is 7.65. The smallest absolute Gasteiger partial charge is 0.354 e. The summed E-state index contributed by atoms with van der Waals surface area (Å²) in [6.07, 6.45) is 0. The van der Waals surface area contributed by atoms with Crippen LogP contribution in [0.3, 0.4) is 0 Å². The molecule has 0 saturated heterocycles. The number of carbonyl (C=O) groups excluding carboxylic acids is 1. The van der Waals surface area contributed by atoms with E-state index < -0.39 is 5.97 Å². The Hall–Kier alpha value is -1.91. The third-order valence-corrected chi connectivity index (χ3v) is 1.54. The molecule has 0 bridgehead atoms. The molecule has 0 aliphatic heterocycles. The number of carboxylic acids is 1. The van der Waals surface area contributed by atoms with Crippen LogP contribution in [-0.4, -0.2) is 28.5 Å². The van der Waals surface area contributed by atoms with E-state index >= 15 is 0 Å². The van der Waals surface area contributed by atoms with Crippen molar-refractivity contribution in [3.63, 3.8) is 0 Å². The molecular weight excluding hydrogens is 184 g/mol. The van der Waals surface area contributed by atoms with E-state index in [-0.39, 0.29) is 17.3 Å². The molecule has 1 heterocycles. The standard InChI is InChI=1S/C9H10N2O3/c1-2-10-8(12)6-4-3-5-7(11-6)9(13)14/h3-5H,2H2,1H3,(H,10,12)(H,13,14). The van der Waals surface area contributed by atoms with E-state index in [4.69, 9.17) is 5.11 Å². The highest BCUT2D eigenvalue weighted by Crippen LogP contribution is 1.99. The fraction of sp³-hybridized carbons (Fsp3) is 0.222. The van der Waals surface area contributed by atoms with Gasteiger partial charge >= 0.3 is 5.97 Å². The van der Waals surface area contributed by atoms with Gasteiger partial charge in [0, 0.05) is 6.54 Å². The number of carboxylic acid groups (broad SMARTS) is 1. The first kappa shape index (κ1) is 10.2. The first-order valence-corrected chi connectivity index (χ1v) is 4.13. The van der Waals surface area contributed by atoms with Gasteiger partial charge < -0.3 is 10.4 Å². The second kappa shape index (κ2) is 4.36. The van der Waals surface area contributed by atoms with Crippen molar-refractivity contribution in [2.45, 2.75) is 6.92 Å². The zero-order valence-corrected chi connectivity index (χ0v) is 7.65. The molecule has 1 rings (SSSR count). The molecule has 1 aromatic heterocycles. The normalized spacial score (nSPS) is 9.50. The highest BCUT2D eigenvalue weighted by Gasteiger charge is 2.09. The summed E-state index contributed by atoms with van der Waals surface area (Å²) in [6, 6.07) is 4.30. The van der Waals surface area contributed by atoms with Crippen LogP contribution in [0.2, 0.25) is 0 Å². The molecule has 0 radical (unpaired) electrons. The van der Waals surface area contributed by atoms with Crippen LogP contribution in [0.5, 0.6) is 0 Å². The molecular formula is C9H10N2O3. The summed E-state index contributed by atoms with van der Waals surface area (Å²) >= 11 is 0. The van der Waals surface area contributed by atoms with Crippen molar-refractivity contribution < 1.29 is 14.7 Å². The van der Waals surface area contributed by atoms with Crippen molar-refractivity contribution in [1.82, 2.24) is 10.3 Å². The van der Waals surface area contributed by atoms with Gasteiger partial charge in [0.25, 0.3) is 5.91 Å². The van der Waals surface area contributed by atoms with Gasteiger partial charge in [-0.3, -0.25) is 4.79 Å². The fourth-order valence-electron chi connectivity index (χ4n) is 0.931. The first-order chi connectivity index (χ1) is 6.65. The van der Waals surface area contributed by atoms with Crippen LogP contribution < -0.4 is 5.32 Å². The third-order valence-electron chi connectivity index (χ3n) is 1.54. The lowest BCUT2D eigenvalue weighted by atomic mass is 10.3. The van der Waals surface area contributed by atoms with Crippen LogP contribution >= 0.6 is 0 Å². The van der Waals surface area contributed by atoms with Gasteiger partial charge in [0.05, 0.1) is 0 Å². The highest BCUT2D eigenvalue weighted by molar-refractivity contribution is 5.94. The molecule has 0 fully saturated rings. The zero-order chi connectivity index (χ0) is 10.6. The van der Waals surface area contributed by atoms with Crippen LogP contribution in [0, 0.1) is 0 Å². The first-order valence-electron chi connectivity index (χ1n) is 4.13. The van der Waals surface area contributed by atoms with Crippen molar-refractivity contribution in [2.75, 3.05) is 6.54 Å². The molecule has 0 aromatic carbocycles. The maximum Gasteiger partial charge on any atom is 0.354 e. The fourth-order valence-corrected chi connectivity index (χ4v) is 0.931. The summed E-state index contributed by atoms with van der Waals surface area (Å²) in [4.78, 5) is 25.5. The molecule has 5 nitrogen and oxygen atoms in total. The largest absolute Gasteiger partial charge is 0.477 e. The Kier molecular flexibility index (Phi) is 3.17. The number of amides is 1. The number of hydrogen-bond acceptors (Lipinski definition) is 3. The molecule has 0 unspecified atom stereocenters. The van der Waals surface area contributed by atoms with Crippen LogP contribution in [0.1, 0.15) is 27.9 Å². The molecule has 74 valence electrons. The Balaban J connectivity index is 2.93. The summed E-state index contributed by atoms with van der Waals surface area (Å²) in [5, 5.41) is 11.2. The molecule has 0 atom stereocenters. The molecule has 0 saturated carbocycles. The average molecular weight is 194 g/mol. The predicted molar refractivity (Wildman–Crippen MR) is 49.2 cm³/mol. The van der Waals surface area contributed by atoms with Crippen molar-refractivity contribution >= 4 is 11.9 Å². The maximum atomic E-state index is 11.3. The van der Waals surface area contributed by atoms with Crippen molar-refractivity contribution in [2.24, 2.45) is 0 Å². The average Bonchev–Trinajstić information content (AvgIpc) is 2.18. The van der Waals surface area contributed by atoms with Crippen molar-refractivity contribution in [3.8, 4) is 0 Å². The summed E-state index contributed by atoms with van der Waals surface area (Å²) in [5.41, 5.74) is -0.0134. The Morgan fingerprint density at radius 1 is 1.43 bits per heavy atom. The van der Waals surface area contributed by atoms with E-state index in [1.165, 1.54) is 18.2 Å². The summed E-state index contributed by atoms with van der Waals surface area (Å²) in [6.45, 7) is 2.26. The van der Waals surface area contributed by atoms with Gasteiger partial charge in [-0.25, -0.2) is 9.78 Å². The lowest BCUT2D eigenvalue weighted by molar-refractivity contribution is 0.0690. The molecule has 0 aliphatic carbocycles. The van der Waals surface area contributed by atoms with Gasteiger partial charge in [0.15, 0.2) is 0 Å². The number of aromatic carboxylic acids is 1. The number of nitrogens with zero attached hydrogens (tertiary/aromatic N) is 1. The monoisotopic (exact) mass is 194 g/mol. The van der Waals surface area contributed by atoms with Crippen LogP contribution in [0.15, 0.2) is 18.2 Å². The molecule has 0 aliphatic rings. The number of aromatic nitrogens is 1. The van der Waals surface area contributed by atoms with Gasteiger partial charge in [-0.05, 0) is 19.1 Å². The maximum absolute atomic E-state index is 11.3. The Morgan fingerprint density at radius 2 is 2.07 bits per heavy atom. The van der Waals surface area contributed by atoms with E-state index in [1.54, 1.807) is 6.92 Å². The van der Waals surface area contributed by atoms with Gasteiger partial charge in [-0.15, -0.1) is 0 Å². The van der Waals surface area contributed by atoms with E-state index in [9.17, 15) is 9.59 Å². The minimum Gasteiger partial charge on any atom is -0.477 e. The minimum absolute atomic E-state index is 0.117. The molecule has 1 aromatic rings. The second-order valence-corrected chi connectivity index (χ2v) is 2.57. The number of pyridine rings is 1. The van der Waals surface area contributed by atoms with Gasteiger partial charge in [0.1, 0.15) is 11.4 Å². The van der Waals surface area contributed by atoms with Crippen LogP contribution in [-0.2, 0) is 0 Å².